The van der Waals surface area contributed by atoms with E-state index in [1.54, 1.807) is 43.7 Å². The minimum absolute atomic E-state index is 0.214. The van der Waals surface area contributed by atoms with Crippen molar-refractivity contribution in [1.29, 1.82) is 0 Å². The molecule has 3 aromatic rings. The molecule has 1 aromatic heterocycles. The Morgan fingerprint density at radius 2 is 2.06 bits per heavy atom. The molecule has 1 atom stereocenters. The standard InChI is InChI=1S/C24H20BrClN2O4S/c1-4-32-23(30)20-13(2)27-24-28(21(20)15-9-10-18(31-3)16(25)11-15)22(29)19(33-24)12-14-7-5-6-8-17(14)26/h5-12,21H,4H2,1-3H3/b19-12-. The van der Waals surface area contributed by atoms with E-state index in [1.807, 2.05) is 30.3 Å². The summed E-state index contributed by atoms with van der Waals surface area (Å²) in [6.45, 7) is 3.71. The van der Waals surface area contributed by atoms with Crippen LogP contribution in [0.4, 0.5) is 0 Å². The van der Waals surface area contributed by atoms with Crippen molar-refractivity contribution >= 4 is 50.9 Å². The van der Waals surface area contributed by atoms with Gasteiger partial charge in [0.05, 0.1) is 40.0 Å². The van der Waals surface area contributed by atoms with E-state index in [0.29, 0.717) is 35.8 Å². The maximum absolute atomic E-state index is 13.6. The lowest BCUT2D eigenvalue weighted by Gasteiger charge is -2.25. The van der Waals surface area contributed by atoms with Gasteiger partial charge in [0.15, 0.2) is 4.80 Å². The Balaban J connectivity index is 1.98. The number of nitrogens with zero attached hydrogens (tertiary/aromatic N) is 2. The summed E-state index contributed by atoms with van der Waals surface area (Å²) in [6.07, 6.45) is 1.75. The van der Waals surface area contributed by atoms with Gasteiger partial charge in [-0.3, -0.25) is 9.36 Å². The van der Waals surface area contributed by atoms with Crippen molar-refractivity contribution in [2.45, 2.75) is 19.9 Å². The van der Waals surface area contributed by atoms with Crippen molar-refractivity contribution in [2.75, 3.05) is 13.7 Å². The highest BCUT2D eigenvalue weighted by Crippen LogP contribution is 2.35. The Bertz CT molecular complexity index is 1460. The van der Waals surface area contributed by atoms with Crippen molar-refractivity contribution in [3.8, 4) is 5.75 Å². The van der Waals surface area contributed by atoms with E-state index in [0.717, 1.165) is 11.1 Å². The van der Waals surface area contributed by atoms with Gasteiger partial charge in [0.25, 0.3) is 5.56 Å². The lowest BCUT2D eigenvalue weighted by Crippen LogP contribution is -2.40. The molecule has 0 N–H and O–H groups in total. The fourth-order valence-electron chi connectivity index (χ4n) is 3.69. The number of esters is 1. The minimum Gasteiger partial charge on any atom is -0.496 e. The van der Waals surface area contributed by atoms with E-state index in [1.165, 1.54) is 11.3 Å². The molecule has 1 aliphatic rings. The largest absolute Gasteiger partial charge is 0.496 e. The van der Waals surface area contributed by atoms with Crippen molar-refractivity contribution in [3.63, 3.8) is 0 Å². The molecule has 0 amide bonds. The molecule has 0 fully saturated rings. The monoisotopic (exact) mass is 546 g/mol. The summed E-state index contributed by atoms with van der Waals surface area (Å²) in [6, 6.07) is 12.1. The van der Waals surface area contributed by atoms with Crippen LogP contribution in [0.3, 0.4) is 0 Å². The van der Waals surface area contributed by atoms with E-state index < -0.39 is 12.0 Å². The predicted octanol–water partition coefficient (Wildman–Crippen LogP) is 4.22. The van der Waals surface area contributed by atoms with E-state index >= 15 is 0 Å². The zero-order valence-electron chi connectivity index (χ0n) is 18.1. The average Bonchev–Trinajstić information content (AvgIpc) is 3.09. The first kappa shape index (κ1) is 23.5. The highest BCUT2D eigenvalue weighted by Gasteiger charge is 2.33. The third-order valence-electron chi connectivity index (χ3n) is 5.20. The van der Waals surface area contributed by atoms with Crippen LogP contribution in [0.2, 0.25) is 5.02 Å². The number of methoxy groups -OCH3 is 1. The molecular formula is C24H20BrClN2O4S. The molecule has 1 aliphatic heterocycles. The lowest BCUT2D eigenvalue weighted by atomic mass is 9.96. The summed E-state index contributed by atoms with van der Waals surface area (Å²) in [7, 11) is 1.58. The van der Waals surface area contributed by atoms with Gasteiger partial charge in [-0.25, -0.2) is 9.79 Å². The number of aromatic nitrogens is 1. The third kappa shape index (κ3) is 4.43. The normalized spacial score (nSPS) is 15.8. The molecule has 4 rings (SSSR count). The molecule has 2 aromatic carbocycles. The molecule has 0 saturated carbocycles. The fourth-order valence-corrected chi connectivity index (χ4v) is 5.48. The zero-order valence-corrected chi connectivity index (χ0v) is 21.3. The molecule has 0 saturated heterocycles. The van der Waals surface area contributed by atoms with Gasteiger partial charge >= 0.3 is 5.97 Å². The van der Waals surface area contributed by atoms with E-state index in [2.05, 4.69) is 20.9 Å². The van der Waals surface area contributed by atoms with E-state index in [-0.39, 0.29) is 12.2 Å². The zero-order chi connectivity index (χ0) is 23.7. The molecule has 0 aliphatic carbocycles. The van der Waals surface area contributed by atoms with Gasteiger partial charge < -0.3 is 9.47 Å². The Morgan fingerprint density at radius 3 is 2.73 bits per heavy atom. The number of allylic oxidation sites excluding steroid dienone is 1. The van der Waals surface area contributed by atoms with Gasteiger partial charge in [0.2, 0.25) is 0 Å². The van der Waals surface area contributed by atoms with Gasteiger partial charge in [-0.15, -0.1) is 0 Å². The van der Waals surface area contributed by atoms with Crippen molar-refractivity contribution < 1.29 is 14.3 Å². The average molecular weight is 548 g/mol. The molecule has 170 valence electrons. The van der Waals surface area contributed by atoms with Crippen LogP contribution >= 0.6 is 38.9 Å². The number of carbonyl (C=O) groups is 1. The van der Waals surface area contributed by atoms with Crippen LogP contribution < -0.4 is 19.6 Å². The number of rotatable bonds is 5. The van der Waals surface area contributed by atoms with Gasteiger partial charge in [-0.05, 0) is 65.2 Å². The highest BCUT2D eigenvalue weighted by molar-refractivity contribution is 9.10. The molecule has 2 heterocycles. The quantitative estimate of drug-likeness (QED) is 0.449. The number of hydrogen-bond acceptors (Lipinski definition) is 6. The number of benzene rings is 2. The van der Waals surface area contributed by atoms with Crippen molar-refractivity contribution in [3.05, 3.63) is 94.0 Å². The molecule has 0 bridgehead atoms. The maximum Gasteiger partial charge on any atom is 0.338 e. The number of thiazole rings is 1. The van der Waals surface area contributed by atoms with Gasteiger partial charge in [-0.1, -0.05) is 47.2 Å². The number of carbonyl (C=O) groups excluding carboxylic acids is 1. The maximum atomic E-state index is 13.6. The number of fused-ring (bicyclic) bond motifs is 1. The molecular weight excluding hydrogens is 528 g/mol. The smallest absolute Gasteiger partial charge is 0.338 e. The van der Waals surface area contributed by atoms with Crippen LogP contribution in [0.25, 0.3) is 6.08 Å². The molecule has 33 heavy (non-hydrogen) atoms. The van der Waals surface area contributed by atoms with Crippen LogP contribution in [0, 0.1) is 0 Å². The molecule has 6 nitrogen and oxygen atoms in total. The lowest BCUT2D eigenvalue weighted by molar-refractivity contribution is -0.139. The molecule has 9 heteroatoms. The van der Waals surface area contributed by atoms with Crippen LogP contribution in [-0.2, 0) is 9.53 Å². The van der Waals surface area contributed by atoms with Crippen molar-refractivity contribution in [1.82, 2.24) is 4.57 Å². The molecule has 0 spiro atoms. The Hall–Kier alpha value is -2.68. The Labute approximate surface area is 207 Å². The number of halogens is 2. The van der Waals surface area contributed by atoms with Gasteiger partial charge in [-0.2, -0.15) is 0 Å². The van der Waals surface area contributed by atoms with Crippen molar-refractivity contribution in [2.24, 2.45) is 4.99 Å². The SMILES string of the molecule is CCOC(=O)C1=C(C)N=c2s/c(=C\c3ccccc3Cl)c(=O)n2C1c1ccc(OC)c(Br)c1. The van der Waals surface area contributed by atoms with Crippen LogP contribution in [0.1, 0.15) is 31.0 Å². The Kier molecular flexibility index (Phi) is 6.88. The van der Waals surface area contributed by atoms with Gasteiger partial charge in [0, 0.05) is 5.02 Å². The summed E-state index contributed by atoms with van der Waals surface area (Å²) < 4.78 is 13.4. The van der Waals surface area contributed by atoms with Crippen LogP contribution in [0.5, 0.6) is 5.75 Å². The third-order valence-corrected chi connectivity index (χ3v) is 7.15. The number of hydrogen-bond donors (Lipinski definition) is 0. The summed E-state index contributed by atoms with van der Waals surface area (Å²) in [5, 5.41) is 0.544. The molecule has 1 unspecified atom stereocenters. The fraction of sp³-hybridized carbons (Fsp3) is 0.208. The second-order valence-electron chi connectivity index (χ2n) is 7.22. The number of ether oxygens (including phenoxy) is 2. The predicted molar refractivity (Wildman–Crippen MR) is 133 cm³/mol. The molecule has 0 radical (unpaired) electrons. The second kappa shape index (κ2) is 9.67. The summed E-state index contributed by atoms with van der Waals surface area (Å²) in [5.74, 6) is 0.138. The Morgan fingerprint density at radius 1 is 1.30 bits per heavy atom. The first-order valence-electron chi connectivity index (χ1n) is 10.1. The van der Waals surface area contributed by atoms with E-state index in [9.17, 15) is 9.59 Å². The van der Waals surface area contributed by atoms with Crippen LogP contribution in [-0.4, -0.2) is 24.3 Å². The topological polar surface area (TPSA) is 69.9 Å². The summed E-state index contributed by atoms with van der Waals surface area (Å²) >= 11 is 11.1. The second-order valence-corrected chi connectivity index (χ2v) is 9.49. The summed E-state index contributed by atoms with van der Waals surface area (Å²) in [5.41, 5.74) is 2.03. The van der Waals surface area contributed by atoms with Gasteiger partial charge in [0.1, 0.15) is 5.75 Å². The highest BCUT2D eigenvalue weighted by atomic mass is 79.9. The van der Waals surface area contributed by atoms with Crippen LogP contribution in [0.15, 0.2) is 68.0 Å². The first-order chi connectivity index (χ1) is 15.8. The first-order valence-corrected chi connectivity index (χ1v) is 12.1. The summed E-state index contributed by atoms with van der Waals surface area (Å²) in [4.78, 5) is 31.6. The minimum atomic E-state index is -0.698. The van der Waals surface area contributed by atoms with E-state index in [4.69, 9.17) is 21.1 Å².